The van der Waals surface area contributed by atoms with E-state index >= 15 is 0 Å². The monoisotopic (exact) mass is 853 g/mol. The number of hydrogen-bond donors (Lipinski definition) is 6. The molecule has 6 unspecified atom stereocenters. The van der Waals surface area contributed by atoms with E-state index in [-0.39, 0.29) is 13.0 Å². The quantitative estimate of drug-likeness (QED) is 0.0154. The Morgan fingerprint density at radius 2 is 1.00 bits per heavy atom. The van der Waals surface area contributed by atoms with Gasteiger partial charge in [-0.2, -0.15) is 0 Å². The van der Waals surface area contributed by atoms with Gasteiger partial charge in [-0.15, -0.1) is 0 Å². The average Bonchev–Trinajstić information content (AvgIpc) is 3.22. The second kappa shape index (κ2) is 36.2. The Kier molecular flexibility index (Phi) is 33.5. The van der Waals surface area contributed by atoms with Gasteiger partial charge in [-0.3, -0.25) is 13.8 Å². The van der Waals surface area contributed by atoms with Crippen molar-refractivity contribution in [3.8, 4) is 0 Å². The molecule has 0 aromatic heterocycles. The number of phosphoric ester groups is 1. The highest BCUT2D eigenvalue weighted by Crippen LogP contribution is 2.47. The molecule has 0 bridgehead atoms. The number of carbonyl (C=O) groups is 1. The molecular weight excluding hydrogens is 775 g/mol. The first-order chi connectivity index (χ1) is 28.5. The molecule has 1 aliphatic rings. The van der Waals surface area contributed by atoms with Crippen molar-refractivity contribution >= 4 is 13.8 Å². The fourth-order valence-electron chi connectivity index (χ4n) is 6.02. The number of phosphoric acid groups is 1. The van der Waals surface area contributed by atoms with E-state index in [0.29, 0.717) is 19.4 Å². The van der Waals surface area contributed by atoms with Gasteiger partial charge in [0.25, 0.3) is 0 Å². The summed E-state index contributed by atoms with van der Waals surface area (Å²) in [6, 6.07) is 0. The van der Waals surface area contributed by atoms with Crippen LogP contribution in [0.15, 0.2) is 85.1 Å². The molecule has 338 valence electrons. The fourth-order valence-corrected chi connectivity index (χ4v) is 6.99. The van der Waals surface area contributed by atoms with Crippen molar-refractivity contribution in [1.82, 2.24) is 0 Å². The Morgan fingerprint density at radius 1 is 0.559 bits per heavy atom. The Labute approximate surface area is 354 Å². The largest absolute Gasteiger partial charge is 0.472 e. The lowest BCUT2D eigenvalue weighted by Crippen LogP contribution is -2.64. The second-order valence-corrected chi connectivity index (χ2v) is 16.2. The summed E-state index contributed by atoms with van der Waals surface area (Å²) in [5.41, 5.74) is 0. The zero-order valence-corrected chi connectivity index (χ0v) is 36.7. The fraction of sp³-hybridized carbons (Fsp3) is 0.674. The summed E-state index contributed by atoms with van der Waals surface area (Å²) in [6.45, 7) is 4.00. The molecule has 0 aliphatic heterocycles. The van der Waals surface area contributed by atoms with Gasteiger partial charge in [-0.1, -0.05) is 137 Å². The van der Waals surface area contributed by atoms with Crippen molar-refractivity contribution in [3.63, 3.8) is 0 Å². The van der Waals surface area contributed by atoms with Crippen LogP contribution < -0.4 is 0 Å². The SMILES string of the molecule is CC/C=C\C/C=C\C/C=C\C/C=C\C/C=C\C/C=C\CCC(=O)OC(COCCCCCCCC/C=C\CCCCC)COP(=O)(O)OC1C(O)C(O)C(O)C(O)C1O. The number of hydrogen-bond acceptors (Lipinski definition) is 11. The maximum absolute atomic E-state index is 12.8. The summed E-state index contributed by atoms with van der Waals surface area (Å²) < 4.78 is 34.0. The van der Waals surface area contributed by atoms with Gasteiger partial charge in [-0.25, -0.2) is 4.57 Å². The predicted molar refractivity (Wildman–Crippen MR) is 234 cm³/mol. The molecule has 1 aliphatic carbocycles. The van der Waals surface area contributed by atoms with Gasteiger partial charge in [0.15, 0.2) is 0 Å². The zero-order valence-electron chi connectivity index (χ0n) is 35.8. The molecule has 0 radical (unpaired) electrons. The Hall–Kier alpha value is -2.48. The van der Waals surface area contributed by atoms with Crippen LogP contribution in [0.3, 0.4) is 0 Å². The molecule has 0 aromatic carbocycles. The summed E-state index contributed by atoms with van der Waals surface area (Å²) >= 11 is 0. The van der Waals surface area contributed by atoms with Crippen molar-refractivity contribution in [1.29, 1.82) is 0 Å². The molecule has 0 spiro atoms. The summed E-state index contributed by atoms with van der Waals surface area (Å²) in [5, 5.41) is 50.1. The summed E-state index contributed by atoms with van der Waals surface area (Å²) in [4.78, 5) is 23.1. The van der Waals surface area contributed by atoms with E-state index in [1.807, 2.05) is 12.2 Å². The Morgan fingerprint density at radius 3 is 1.53 bits per heavy atom. The first-order valence-corrected chi connectivity index (χ1v) is 23.4. The van der Waals surface area contributed by atoms with E-state index in [9.17, 15) is 39.8 Å². The molecule has 12 nitrogen and oxygen atoms in total. The van der Waals surface area contributed by atoms with Crippen LogP contribution in [0, 0.1) is 0 Å². The molecule has 0 saturated heterocycles. The van der Waals surface area contributed by atoms with Gasteiger partial charge >= 0.3 is 13.8 Å². The van der Waals surface area contributed by atoms with E-state index in [0.717, 1.165) is 70.6 Å². The van der Waals surface area contributed by atoms with E-state index in [2.05, 4.69) is 86.8 Å². The van der Waals surface area contributed by atoms with Crippen LogP contribution in [0.2, 0.25) is 0 Å². The van der Waals surface area contributed by atoms with Crippen molar-refractivity contribution in [2.45, 2.75) is 179 Å². The van der Waals surface area contributed by atoms with E-state index in [4.69, 9.17) is 18.5 Å². The third kappa shape index (κ3) is 28.6. The number of aliphatic hydroxyl groups is 5. The number of aliphatic hydroxyl groups excluding tert-OH is 5. The van der Waals surface area contributed by atoms with E-state index in [1.54, 1.807) is 0 Å². The number of unbranched alkanes of at least 4 members (excludes halogenated alkanes) is 9. The average molecular weight is 853 g/mol. The third-order valence-electron chi connectivity index (χ3n) is 9.52. The number of esters is 1. The van der Waals surface area contributed by atoms with Crippen molar-refractivity contribution in [3.05, 3.63) is 85.1 Å². The lowest BCUT2D eigenvalue weighted by molar-refractivity contribution is -0.220. The lowest BCUT2D eigenvalue weighted by atomic mass is 9.85. The van der Waals surface area contributed by atoms with Crippen molar-refractivity contribution in [2.24, 2.45) is 0 Å². The molecule has 6 atom stereocenters. The van der Waals surface area contributed by atoms with Crippen LogP contribution in [-0.2, 0) is 27.9 Å². The molecule has 0 aromatic rings. The number of ether oxygens (including phenoxy) is 2. The molecule has 0 heterocycles. The zero-order chi connectivity index (χ0) is 43.4. The van der Waals surface area contributed by atoms with Crippen LogP contribution in [0.25, 0.3) is 0 Å². The van der Waals surface area contributed by atoms with Crippen LogP contribution in [0.5, 0.6) is 0 Å². The van der Waals surface area contributed by atoms with Gasteiger partial charge < -0.3 is 39.9 Å². The smallest absolute Gasteiger partial charge is 0.457 e. The van der Waals surface area contributed by atoms with Crippen LogP contribution in [0.4, 0.5) is 0 Å². The molecule has 0 amide bonds. The van der Waals surface area contributed by atoms with Gasteiger partial charge in [0.05, 0.1) is 13.2 Å². The third-order valence-corrected chi connectivity index (χ3v) is 10.5. The van der Waals surface area contributed by atoms with Gasteiger partial charge in [-0.05, 0) is 77.0 Å². The molecular formula is C46H77O12P. The van der Waals surface area contributed by atoms with E-state index in [1.165, 1.54) is 32.1 Å². The maximum atomic E-state index is 12.8. The normalized spacial score (nSPS) is 23.3. The highest BCUT2D eigenvalue weighted by Gasteiger charge is 2.51. The van der Waals surface area contributed by atoms with Crippen molar-refractivity contribution in [2.75, 3.05) is 19.8 Å². The topological polar surface area (TPSA) is 192 Å². The summed E-state index contributed by atoms with van der Waals surface area (Å²) in [6.07, 6.45) is 35.2. The maximum Gasteiger partial charge on any atom is 0.472 e. The van der Waals surface area contributed by atoms with Gasteiger partial charge in [0.2, 0.25) is 0 Å². The van der Waals surface area contributed by atoms with Crippen molar-refractivity contribution < 1.29 is 58.3 Å². The van der Waals surface area contributed by atoms with Gasteiger partial charge in [0.1, 0.15) is 42.7 Å². The second-order valence-electron chi connectivity index (χ2n) is 14.8. The standard InChI is InChI=1S/C46H77O12P/c1-3-5-7-9-11-13-15-17-18-19-20-21-22-23-25-27-29-31-33-35-40(47)57-39(37-55-36-34-32-30-28-26-24-16-14-12-10-8-6-4-2)38-56-59(53,54)58-46-44(51)42(49)41(48)43(50)45(46)52/h5,7,11-14,17-18,20-21,23,25,29,31,39,41-46,48-52H,3-4,6,8-10,15-16,19,22,24,26-28,30,32-38H2,1-2H3,(H,53,54)/b7-5-,13-11-,14-12-,18-17-,21-20-,25-23-,31-29-. The van der Waals surface area contributed by atoms with Crippen LogP contribution >= 0.6 is 7.82 Å². The number of carbonyl (C=O) groups excluding carboxylic acids is 1. The number of allylic oxidation sites excluding steroid dienone is 14. The molecule has 13 heteroatoms. The van der Waals surface area contributed by atoms with Crippen LogP contribution in [0.1, 0.15) is 136 Å². The molecule has 1 rings (SSSR count). The molecule has 1 fully saturated rings. The predicted octanol–water partition coefficient (Wildman–Crippen LogP) is 8.58. The summed E-state index contributed by atoms with van der Waals surface area (Å²) in [5.74, 6) is -0.565. The molecule has 1 saturated carbocycles. The highest BCUT2D eigenvalue weighted by molar-refractivity contribution is 7.47. The minimum Gasteiger partial charge on any atom is -0.457 e. The first-order valence-electron chi connectivity index (χ1n) is 21.9. The highest BCUT2D eigenvalue weighted by atomic mass is 31.2. The summed E-state index contributed by atoms with van der Waals surface area (Å²) in [7, 11) is -5.04. The molecule has 59 heavy (non-hydrogen) atoms. The Bertz CT molecular complexity index is 1290. The Balaban J connectivity index is 2.49. The minimum atomic E-state index is -5.04. The molecule has 6 N–H and O–H groups in total. The van der Waals surface area contributed by atoms with Gasteiger partial charge in [0, 0.05) is 13.0 Å². The van der Waals surface area contributed by atoms with Crippen LogP contribution in [-0.4, -0.2) is 98.9 Å². The van der Waals surface area contributed by atoms with E-state index < -0.39 is 63.1 Å². The first kappa shape index (κ1) is 54.5. The lowest BCUT2D eigenvalue weighted by Gasteiger charge is -2.41. The minimum absolute atomic E-state index is 0.0547. The number of rotatable bonds is 35.